The molecule has 3 N–H and O–H groups in total. The van der Waals surface area contributed by atoms with Crippen molar-refractivity contribution < 1.29 is 18.3 Å². The third-order valence-electron chi connectivity index (χ3n) is 5.51. The first-order valence-electron chi connectivity index (χ1n) is 9.41. The number of amides is 1. The number of aromatic nitrogens is 2. The fourth-order valence-corrected chi connectivity index (χ4v) is 5.21. The number of aliphatic imine (C=N–C) groups is 1. The number of anilines is 1. The van der Waals surface area contributed by atoms with Gasteiger partial charge in [0.05, 0.1) is 22.7 Å². The summed E-state index contributed by atoms with van der Waals surface area (Å²) in [7, 11) is 0. The van der Waals surface area contributed by atoms with Crippen LogP contribution in [0, 0.1) is 24.1 Å². The number of hydrogen-bond donors (Lipinski definition) is 2. The Hall–Kier alpha value is -3.19. The average Bonchev–Trinajstić information content (AvgIpc) is 3.49. The zero-order valence-electron chi connectivity index (χ0n) is 16.6. The molecule has 0 radical (unpaired) electrons. The van der Waals surface area contributed by atoms with E-state index in [1.807, 2.05) is 0 Å². The van der Waals surface area contributed by atoms with Crippen LogP contribution in [0.1, 0.15) is 29.4 Å². The highest BCUT2D eigenvalue weighted by atomic mass is 32.2. The van der Waals surface area contributed by atoms with Crippen molar-refractivity contribution in [1.82, 2.24) is 9.97 Å². The molecule has 10 heteroatoms. The predicted octanol–water partition coefficient (Wildman–Crippen LogP) is 2.88. The summed E-state index contributed by atoms with van der Waals surface area (Å²) < 4.78 is 32.9. The number of benzene rings is 1. The maximum absolute atomic E-state index is 14.8. The summed E-state index contributed by atoms with van der Waals surface area (Å²) in [5, 5.41) is 2.89. The van der Waals surface area contributed by atoms with Gasteiger partial charge in [-0.25, -0.2) is 18.7 Å². The maximum Gasteiger partial charge on any atom is 0.275 e. The normalized spacial score (nSPS) is 26.3. The lowest BCUT2D eigenvalue weighted by atomic mass is 9.85. The number of carbonyl (C=O) groups is 1. The molecule has 1 amide bonds. The first-order valence-corrected chi connectivity index (χ1v) is 10.2. The monoisotopic (exact) mass is 443 g/mol. The minimum atomic E-state index is -1.03. The van der Waals surface area contributed by atoms with Crippen LogP contribution in [-0.4, -0.2) is 39.1 Å². The molecule has 1 aliphatic carbocycles. The van der Waals surface area contributed by atoms with Crippen molar-refractivity contribution in [2.45, 2.75) is 23.6 Å². The molecule has 0 unspecified atom stereocenters. The molecule has 160 valence electrons. The predicted molar refractivity (Wildman–Crippen MR) is 114 cm³/mol. The van der Waals surface area contributed by atoms with Gasteiger partial charge in [0.1, 0.15) is 18.2 Å². The third-order valence-corrected chi connectivity index (χ3v) is 6.78. The Kier molecular flexibility index (Phi) is 5.31. The maximum atomic E-state index is 14.8. The summed E-state index contributed by atoms with van der Waals surface area (Å²) in [4.78, 5) is 25.0. The Labute approximate surface area is 181 Å². The summed E-state index contributed by atoms with van der Waals surface area (Å²) in [5.41, 5.74) is 5.54. The van der Waals surface area contributed by atoms with Crippen LogP contribution in [0.3, 0.4) is 0 Å². The molecule has 0 saturated heterocycles. The minimum absolute atomic E-state index is 0.0353. The molecule has 31 heavy (non-hydrogen) atoms. The highest BCUT2D eigenvalue weighted by Crippen LogP contribution is 2.66. The van der Waals surface area contributed by atoms with Gasteiger partial charge >= 0.3 is 0 Å². The first kappa shape index (κ1) is 21.1. The number of terminal acetylenes is 1. The number of hydrogen-bond acceptors (Lipinski definition) is 7. The summed E-state index contributed by atoms with van der Waals surface area (Å²) in [6.07, 6.45) is 8.19. The number of amidine groups is 1. The van der Waals surface area contributed by atoms with Crippen molar-refractivity contribution in [3.8, 4) is 18.2 Å². The van der Waals surface area contributed by atoms with Gasteiger partial charge in [-0.3, -0.25) is 9.79 Å². The second-order valence-electron chi connectivity index (χ2n) is 7.54. The zero-order valence-corrected chi connectivity index (χ0v) is 17.4. The van der Waals surface area contributed by atoms with Crippen molar-refractivity contribution >= 4 is 28.5 Å². The van der Waals surface area contributed by atoms with Gasteiger partial charge < -0.3 is 15.8 Å². The van der Waals surface area contributed by atoms with E-state index < -0.39 is 28.7 Å². The first-order chi connectivity index (χ1) is 14.8. The number of halogens is 2. The number of rotatable bonds is 6. The topological polar surface area (TPSA) is 102 Å². The third kappa shape index (κ3) is 3.81. The summed E-state index contributed by atoms with van der Waals surface area (Å²) in [6.45, 7) is 1.21. The largest absolute Gasteiger partial charge is 0.463 e. The number of nitrogens with one attached hydrogen (secondary N) is 1. The summed E-state index contributed by atoms with van der Waals surface area (Å²) in [5.74, 6) is 1.27. The van der Waals surface area contributed by atoms with E-state index in [4.69, 9.17) is 16.9 Å². The molecule has 4 rings (SSSR count). The van der Waals surface area contributed by atoms with Gasteiger partial charge in [-0.2, -0.15) is 0 Å². The van der Waals surface area contributed by atoms with Crippen molar-refractivity contribution in [2.75, 3.05) is 18.6 Å². The Morgan fingerprint density at radius 2 is 2.26 bits per heavy atom. The second kappa shape index (κ2) is 7.81. The number of ether oxygens (including phenoxy) is 1. The number of carbonyl (C=O) groups excluding carboxylic acids is 1. The average molecular weight is 443 g/mol. The SMILES string of the molecule is C#CCOc1cnc(C(=O)Nc2ccc(F)c([C@@]3(C)N=C(N)S[C@@]4(CF)C[C@H]43)c2)cn1. The van der Waals surface area contributed by atoms with Crippen molar-refractivity contribution in [1.29, 1.82) is 0 Å². The summed E-state index contributed by atoms with van der Waals surface area (Å²) in [6, 6.07) is 4.17. The molecule has 1 aliphatic heterocycles. The molecule has 0 spiro atoms. The van der Waals surface area contributed by atoms with E-state index in [2.05, 4.69) is 26.2 Å². The van der Waals surface area contributed by atoms with Gasteiger partial charge in [-0.05, 0) is 31.5 Å². The number of nitrogens with zero attached hydrogens (tertiary/aromatic N) is 3. The zero-order chi connectivity index (χ0) is 22.2. The molecule has 1 aromatic heterocycles. The Morgan fingerprint density at radius 3 is 2.94 bits per heavy atom. The minimum Gasteiger partial charge on any atom is -0.463 e. The van der Waals surface area contributed by atoms with E-state index in [-0.39, 0.29) is 34.8 Å². The van der Waals surface area contributed by atoms with E-state index in [0.29, 0.717) is 12.1 Å². The highest BCUT2D eigenvalue weighted by Gasteiger charge is 2.66. The van der Waals surface area contributed by atoms with E-state index in [1.165, 1.54) is 42.4 Å². The van der Waals surface area contributed by atoms with Gasteiger partial charge in [0.2, 0.25) is 5.88 Å². The van der Waals surface area contributed by atoms with Gasteiger partial charge in [0.25, 0.3) is 5.91 Å². The smallest absolute Gasteiger partial charge is 0.275 e. The Morgan fingerprint density at radius 1 is 1.45 bits per heavy atom. The van der Waals surface area contributed by atoms with Gasteiger partial charge in [-0.1, -0.05) is 17.7 Å². The molecular formula is C21H19F2N5O2S. The van der Waals surface area contributed by atoms with E-state index in [0.717, 1.165) is 0 Å². The van der Waals surface area contributed by atoms with Gasteiger partial charge in [0.15, 0.2) is 11.8 Å². The quantitative estimate of drug-likeness (QED) is 0.666. The fourth-order valence-electron chi connectivity index (χ4n) is 3.88. The summed E-state index contributed by atoms with van der Waals surface area (Å²) >= 11 is 1.21. The fraction of sp³-hybridized carbons (Fsp3) is 0.333. The van der Waals surface area contributed by atoms with E-state index in [1.54, 1.807) is 6.92 Å². The molecule has 1 aromatic carbocycles. The molecular weight excluding hydrogens is 424 g/mol. The lowest BCUT2D eigenvalue weighted by molar-refractivity contribution is 0.102. The van der Waals surface area contributed by atoms with E-state index >= 15 is 0 Å². The standard InChI is InChI=1S/C21H19F2N5O2S/c1-3-6-30-17-10-25-15(9-26-17)18(29)27-12-4-5-14(23)13(7-12)20(2)16-8-21(16,11-22)31-19(24)28-20/h1,4-5,7,9-10,16H,6,8,11H2,2H3,(H2,24,28)(H,27,29)/t16-,20+,21+/m0/s1. The molecule has 2 aromatic rings. The molecule has 2 aliphatic rings. The van der Waals surface area contributed by atoms with Crippen molar-refractivity contribution in [3.05, 3.63) is 47.7 Å². The molecule has 7 nitrogen and oxygen atoms in total. The van der Waals surface area contributed by atoms with Crippen molar-refractivity contribution in [3.63, 3.8) is 0 Å². The lowest BCUT2D eigenvalue weighted by Crippen LogP contribution is -2.36. The molecule has 3 atom stereocenters. The van der Waals surface area contributed by atoms with Crippen LogP contribution in [0.15, 0.2) is 35.6 Å². The molecule has 1 saturated carbocycles. The molecule has 1 fully saturated rings. The van der Waals surface area contributed by atoms with Crippen LogP contribution in [0.4, 0.5) is 14.5 Å². The highest BCUT2D eigenvalue weighted by molar-refractivity contribution is 8.15. The lowest BCUT2D eigenvalue weighted by Gasteiger charge is -2.33. The number of nitrogens with two attached hydrogens (primary N) is 1. The second-order valence-corrected chi connectivity index (χ2v) is 8.97. The molecule has 2 heterocycles. The van der Waals surface area contributed by atoms with Crippen LogP contribution in [-0.2, 0) is 5.54 Å². The van der Waals surface area contributed by atoms with Crippen LogP contribution in [0.25, 0.3) is 0 Å². The molecule has 0 bridgehead atoms. The Bertz CT molecular complexity index is 1100. The number of fused-ring (bicyclic) bond motifs is 1. The Balaban J connectivity index is 1.57. The van der Waals surface area contributed by atoms with Gasteiger partial charge in [0, 0.05) is 17.2 Å². The van der Waals surface area contributed by atoms with Crippen molar-refractivity contribution in [2.24, 2.45) is 16.6 Å². The van der Waals surface area contributed by atoms with Crippen LogP contribution >= 0.6 is 11.8 Å². The number of alkyl halides is 1. The van der Waals surface area contributed by atoms with Crippen LogP contribution in [0.2, 0.25) is 0 Å². The van der Waals surface area contributed by atoms with Crippen LogP contribution in [0.5, 0.6) is 5.88 Å². The van der Waals surface area contributed by atoms with E-state index in [9.17, 15) is 13.6 Å². The van der Waals surface area contributed by atoms with Crippen LogP contribution < -0.4 is 15.8 Å². The number of thioether (sulfide) groups is 1. The van der Waals surface area contributed by atoms with Gasteiger partial charge in [-0.15, -0.1) is 6.42 Å².